The normalized spacial score (nSPS) is 20.1. The smallest absolute Gasteiger partial charge is 0.259 e. The van der Waals surface area contributed by atoms with Crippen molar-refractivity contribution in [2.45, 2.75) is 6.04 Å². The Hall–Kier alpha value is -3.58. The molecule has 2 amide bonds. The number of benzene rings is 3. The average Bonchev–Trinajstić information content (AvgIpc) is 3.32. The SMILES string of the molecule is O=C(C1=NN(c2ccc(Br)cc2)[C@H]2C(=O)N(c3ccccc3)C(=O)[C@@H]12)c1ccccc1. The van der Waals surface area contributed by atoms with Crippen LogP contribution in [0.3, 0.4) is 0 Å². The summed E-state index contributed by atoms with van der Waals surface area (Å²) in [5.41, 5.74) is 1.62. The Kier molecular flexibility index (Phi) is 4.75. The fourth-order valence-corrected chi connectivity index (χ4v) is 4.24. The van der Waals surface area contributed by atoms with Crippen LogP contribution >= 0.6 is 15.9 Å². The van der Waals surface area contributed by atoms with E-state index in [9.17, 15) is 14.4 Å². The molecule has 3 aromatic rings. The zero-order chi connectivity index (χ0) is 21.5. The maximum atomic E-state index is 13.4. The van der Waals surface area contributed by atoms with E-state index in [-0.39, 0.29) is 11.5 Å². The lowest BCUT2D eigenvalue weighted by atomic mass is 9.92. The third-order valence-electron chi connectivity index (χ3n) is 5.42. The van der Waals surface area contributed by atoms with Crippen LogP contribution < -0.4 is 9.91 Å². The van der Waals surface area contributed by atoms with Crippen LogP contribution in [-0.4, -0.2) is 29.4 Å². The molecule has 0 unspecified atom stereocenters. The largest absolute Gasteiger partial charge is 0.287 e. The number of imide groups is 1. The quantitative estimate of drug-likeness (QED) is 0.423. The van der Waals surface area contributed by atoms with E-state index in [1.165, 1.54) is 5.01 Å². The van der Waals surface area contributed by atoms with Crippen molar-refractivity contribution in [1.29, 1.82) is 0 Å². The molecule has 0 aliphatic carbocycles. The van der Waals surface area contributed by atoms with Gasteiger partial charge in [-0.25, -0.2) is 4.90 Å². The van der Waals surface area contributed by atoms with E-state index in [0.29, 0.717) is 16.9 Å². The van der Waals surface area contributed by atoms with E-state index in [1.807, 2.05) is 24.3 Å². The monoisotopic (exact) mass is 473 g/mol. The number of Topliss-reactive ketones (excluding diaryl/α,β-unsaturated/α-hetero) is 1. The third-order valence-corrected chi connectivity index (χ3v) is 5.95. The van der Waals surface area contributed by atoms with Gasteiger partial charge in [0.1, 0.15) is 17.7 Å². The molecule has 2 aliphatic rings. The number of nitrogens with zero attached hydrogens (tertiary/aromatic N) is 3. The summed E-state index contributed by atoms with van der Waals surface area (Å²) in [4.78, 5) is 41.3. The minimum atomic E-state index is -0.968. The number of hydrogen-bond acceptors (Lipinski definition) is 5. The number of carbonyl (C=O) groups is 3. The number of hydrogen-bond donors (Lipinski definition) is 0. The van der Waals surface area contributed by atoms with Crippen LogP contribution in [0.1, 0.15) is 10.4 Å². The Morgan fingerprint density at radius 2 is 1.39 bits per heavy atom. The minimum absolute atomic E-state index is 0.0795. The summed E-state index contributed by atoms with van der Waals surface area (Å²) in [5.74, 6) is -2.16. The number of hydrazone groups is 1. The lowest BCUT2D eigenvalue weighted by molar-refractivity contribution is -0.121. The van der Waals surface area contributed by atoms with E-state index in [4.69, 9.17) is 0 Å². The summed E-state index contributed by atoms with van der Waals surface area (Å²) in [7, 11) is 0. The molecule has 2 atom stereocenters. The summed E-state index contributed by atoms with van der Waals surface area (Å²) in [5, 5.41) is 5.99. The van der Waals surface area contributed by atoms with Gasteiger partial charge in [0.05, 0.1) is 11.4 Å². The molecule has 0 aromatic heterocycles. The zero-order valence-electron chi connectivity index (χ0n) is 16.2. The van der Waals surface area contributed by atoms with Crippen LogP contribution in [0.4, 0.5) is 11.4 Å². The molecule has 0 radical (unpaired) electrons. The van der Waals surface area contributed by atoms with Gasteiger partial charge < -0.3 is 0 Å². The van der Waals surface area contributed by atoms with Crippen LogP contribution in [-0.2, 0) is 9.59 Å². The second-order valence-corrected chi connectivity index (χ2v) is 8.19. The summed E-state index contributed by atoms with van der Waals surface area (Å²) < 4.78 is 0.872. The van der Waals surface area contributed by atoms with E-state index >= 15 is 0 Å². The minimum Gasteiger partial charge on any atom is -0.287 e. The number of rotatable bonds is 4. The summed E-state index contributed by atoms with van der Waals surface area (Å²) >= 11 is 3.40. The Morgan fingerprint density at radius 1 is 0.774 bits per heavy atom. The first-order chi connectivity index (χ1) is 15.1. The van der Waals surface area contributed by atoms with Crippen LogP contribution in [0.25, 0.3) is 0 Å². The first-order valence-corrected chi connectivity index (χ1v) is 10.5. The number of ketones is 1. The Bertz CT molecular complexity index is 1210. The lowest BCUT2D eigenvalue weighted by Crippen LogP contribution is -2.39. The van der Waals surface area contributed by atoms with Crippen LogP contribution in [0, 0.1) is 5.92 Å². The molecular formula is C24H16BrN3O3. The van der Waals surface area contributed by atoms with Crippen molar-refractivity contribution in [3.05, 3.63) is 95.0 Å². The number of fused-ring (bicyclic) bond motifs is 1. The molecule has 1 saturated heterocycles. The molecule has 2 aliphatic heterocycles. The van der Waals surface area contributed by atoms with E-state index in [0.717, 1.165) is 9.37 Å². The van der Waals surface area contributed by atoms with Crippen molar-refractivity contribution in [2.24, 2.45) is 11.0 Å². The topological polar surface area (TPSA) is 70.1 Å². The molecule has 5 rings (SSSR count). The summed E-state index contributed by atoms with van der Waals surface area (Å²) in [6.45, 7) is 0. The van der Waals surface area contributed by atoms with Gasteiger partial charge in [-0.1, -0.05) is 64.5 Å². The first-order valence-electron chi connectivity index (χ1n) is 9.72. The van der Waals surface area contributed by atoms with Crippen molar-refractivity contribution in [3.63, 3.8) is 0 Å². The highest BCUT2D eigenvalue weighted by molar-refractivity contribution is 9.10. The fraction of sp³-hybridized carbons (Fsp3) is 0.0833. The zero-order valence-corrected chi connectivity index (χ0v) is 17.8. The average molecular weight is 474 g/mol. The number of amides is 2. The number of halogens is 1. The number of para-hydroxylation sites is 1. The summed E-state index contributed by atoms with van der Waals surface area (Å²) in [6.07, 6.45) is 0. The molecule has 152 valence electrons. The van der Waals surface area contributed by atoms with Gasteiger partial charge in [0, 0.05) is 10.0 Å². The molecule has 6 nitrogen and oxygen atoms in total. The highest BCUT2D eigenvalue weighted by atomic mass is 79.9. The standard InChI is InChI=1S/C24H16BrN3O3/c25-16-11-13-18(14-12-16)28-21-19(20(26-28)22(29)15-7-3-1-4-8-15)23(30)27(24(21)31)17-9-5-2-6-10-17/h1-14,19,21H/t19-,21+/m0/s1. The molecule has 0 spiro atoms. The second kappa shape index (κ2) is 7.59. The molecule has 3 aromatic carbocycles. The highest BCUT2D eigenvalue weighted by Crippen LogP contribution is 2.38. The molecule has 0 bridgehead atoms. The van der Waals surface area contributed by atoms with Gasteiger partial charge in [-0.15, -0.1) is 0 Å². The van der Waals surface area contributed by atoms with Crippen LogP contribution in [0.15, 0.2) is 94.5 Å². The van der Waals surface area contributed by atoms with Gasteiger partial charge in [0.25, 0.3) is 5.91 Å². The second-order valence-electron chi connectivity index (χ2n) is 7.27. The van der Waals surface area contributed by atoms with E-state index < -0.39 is 23.8 Å². The molecular weight excluding hydrogens is 458 g/mol. The first kappa shape index (κ1) is 19.4. The van der Waals surface area contributed by atoms with Crippen LogP contribution in [0.5, 0.6) is 0 Å². The molecule has 7 heteroatoms. The maximum absolute atomic E-state index is 13.4. The van der Waals surface area contributed by atoms with Gasteiger partial charge >= 0.3 is 0 Å². The van der Waals surface area contributed by atoms with Gasteiger partial charge in [-0.3, -0.25) is 19.4 Å². The van der Waals surface area contributed by atoms with Crippen molar-refractivity contribution >= 4 is 50.6 Å². The van der Waals surface area contributed by atoms with Crippen molar-refractivity contribution < 1.29 is 14.4 Å². The molecule has 0 N–H and O–H groups in total. The van der Waals surface area contributed by atoms with Crippen molar-refractivity contribution in [1.82, 2.24) is 0 Å². The van der Waals surface area contributed by atoms with E-state index in [1.54, 1.807) is 60.7 Å². The van der Waals surface area contributed by atoms with Crippen LogP contribution in [0.2, 0.25) is 0 Å². The van der Waals surface area contributed by atoms with Gasteiger partial charge in [0.2, 0.25) is 11.7 Å². The lowest BCUT2D eigenvalue weighted by Gasteiger charge is -2.22. The Morgan fingerprint density at radius 3 is 2.03 bits per heavy atom. The predicted molar refractivity (Wildman–Crippen MR) is 121 cm³/mol. The molecule has 0 saturated carbocycles. The van der Waals surface area contributed by atoms with E-state index in [2.05, 4.69) is 21.0 Å². The Labute approximate surface area is 186 Å². The predicted octanol–water partition coefficient (Wildman–Crippen LogP) is 4.07. The number of anilines is 2. The summed E-state index contributed by atoms with van der Waals surface area (Å²) in [6, 6.07) is 23.8. The molecule has 1 fully saturated rings. The van der Waals surface area contributed by atoms with Gasteiger partial charge in [-0.05, 0) is 36.4 Å². The van der Waals surface area contributed by atoms with Crippen molar-refractivity contribution in [3.8, 4) is 0 Å². The third kappa shape index (κ3) is 3.18. The molecule has 31 heavy (non-hydrogen) atoms. The van der Waals surface area contributed by atoms with Gasteiger partial charge in [0.15, 0.2) is 0 Å². The fourth-order valence-electron chi connectivity index (χ4n) is 3.98. The molecule has 2 heterocycles. The highest BCUT2D eigenvalue weighted by Gasteiger charge is 2.58. The number of carbonyl (C=O) groups excluding carboxylic acids is 3. The Balaban J connectivity index is 1.62. The van der Waals surface area contributed by atoms with Crippen molar-refractivity contribution in [2.75, 3.05) is 9.91 Å². The van der Waals surface area contributed by atoms with Gasteiger partial charge in [-0.2, -0.15) is 5.10 Å². The maximum Gasteiger partial charge on any atom is 0.259 e.